The van der Waals surface area contributed by atoms with E-state index in [9.17, 15) is 0 Å². The predicted octanol–water partition coefficient (Wildman–Crippen LogP) is 6.42. The van der Waals surface area contributed by atoms with Crippen LogP contribution in [0.1, 0.15) is 61.2 Å². The summed E-state index contributed by atoms with van der Waals surface area (Å²) in [5.74, 6) is 0. The molecule has 0 saturated heterocycles. The van der Waals surface area contributed by atoms with Crippen molar-refractivity contribution in [2.45, 2.75) is 50.8 Å². The van der Waals surface area contributed by atoms with E-state index in [-0.39, 0.29) is 10.2 Å². The Kier molecular flexibility index (Phi) is 5.27. The zero-order chi connectivity index (χ0) is 15.5. The SMILES string of the molecule is CCc1ccc(C(Br)c2ccc(C(C)(C)CC)cc2)cc1. The highest BCUT2D eigenvalue weighted by Gasteiger charge is 2.18. The molecule has 0 aromatic heterocycles. The van der Waals surface area contributed by atoms with E-state index in [0.29, 0.717) is 0 Å². The monoisotopic (exact) mass is 344 g/mol. The van der Waals surface area contributed by atoms with E-state index < -0.39 is 0 Å². The third-order valence-corrected chi connectivity index (χ3v) is 5.61. The van der Waals surface area contributed by atoms with Crippen molar-refractivity contribution in [3.8, 4) is 0 Å². The van der Waals surface area contributed by atoms with Crippen LogP contribution in [0.5, 0.6) is 0 Å². The molecule has 0 bridgehead atoms. The zero-order valence-electron chi connectivity index (χ0n) is 13.5. The van der Waals surface area contributed by atoms with Crippen LogP contribution >= 0.6 is 15.9 Å². The van der Waals surface area contributed by atoms with Gasteiger partial charge < -0.3 is 0 Å². The van der Waals surface area contributed by atoms with Crippen LogP contribution in [-0.2, 0) is 11.8 Å². The van der Waals surface area contributed by atoms with E-state index in [1.54, 1.807) is 0 Å². The van der Waals surface area contributed by atoms with Crippen LogP contribution in [0.3, 0.4) is 0 Å². The normalized spacial score (nSPS) is 13.2. The minimum absolute atomic E-state index is 0.253. The highest BCUT2D eigenvalue weighted by Crippen LogP contribution is 2.33. The van der Waals surface area contributed by atoms with Gasteiger partial charge in [-0.2, -0.15) is 0 Å². The Morgan fingerprint density at radius 2 is 1.33 bits per heavy atom. The Balaban J connectivity index is 2.21. The second kappa shape index (κ2) is 6.79. The number of hydrogen-bond donors (Lipinski definition) is 0. The first kappa shape index (κ1) is 16.3. The molecule has 0 aliphatic heterocycles. The van der Waals surface area contributed by atoms with Crippen LogP contribution in [0.15, 0.2) is 48.5 Å². The summed E-state index contributed by atoms with van der Waals surface area (Å²) in [4.78, 5) is 0.266. The van der Waals surface area contributed by atoms with Gasteiger partial charge in [-0.15, -0.1) is 0 Å². The maximum Gasteiger partial charge on any atom is 0.0644 e. The highest BCUT2D eigenvalue weighted by atomic mass is 79.9. The Bertz CT molecular complexity index is 564. The molecule has 0 fully saturated rings. The van der Waals surface area contributed by atoms with Crippen LogP contribution in [-0.4, -0.2) is 0 Å². The number of halogens is 1. The van der Waals surface area contributed by atoms with Gasteiger partial charge in [0.05, 0.1) is 4.83 Å². The Hall–Kier alpha value is -1.08. The Morgan fingerprint density at radius 1 is 0.857 bits per heavy atom. The summed E-state index contributed by atoms with van der Waals surface area (Å²) in [7, 11) is 0. The van der Waals surface area contributed by atoms with Crippen molar-refractivity contribution in [2.75, 3.05) is 0 Å². The lowest BCUT2D eigenvalue weighted by molar-refractivity contribution is 0.506. The fourth-order valence-corrected chi connectivity index (χ4v) is 3.03. The molecule has 2 aromatic carbocycles. The first-order valence-corrected chi connectivity index (χ1v) is 8.73. The third-order valence-electron chi connectivity index (χ3n) is 4.55. The quantitative estimate of drug-likeness (QED) is 0.549. The average molecular weight is 345 g/mol. The van der Waals surface area contributed by atoms with Crippen molar-refractivity contribution in [1.29, 1.82) is 0 Å². The standard InChI is InChI=1S/C20H25Br/c1-5-15-7-9-16(10-8-15)19(21)17-11-13-18(14-12-17)20(3,4)6-2/h7-14,19H,5-6H2,1-4H3. The summed E-state index contributed by atoms with van der Waals surface area (Å²) >= 11 is 3.83. The summed E-state index contributed by atoms with van der Waals surface area (Å²) in [6.07, 6.45) is 2.25. The zero-order valence-corrected chi connectivity index (χ0v) is 15.1. The van der Waals surface area contributed by atoms with Crippen molar-refractivity contribution in [3.63, 3.8) is 0 Å². The largest absolute Gasteiger partial charge is 0.0786 e. The van der Waals surface area contributed by atoms with E-state index in [1.807, 2.05) is 0 Å². The van der Waals surface area contributed by atoms with E-state index >= 15 is 0 Å². The van der Waals surface area contributed by atoms with E-state index in [1.165, 1.54) is 22.3 Å². The van der Waals surface area contributed by atoms with Crippen molar-refractivity contribution >= 4 is 15.9 Å². The van der Waals surface area contributed by atoms with Gasteiger partial charge in [-0.05, 0) is 40.5 Å². The van der Waals surface area contributed by atoms with E-state index in [0.717, 1.165) is 12.8 Å². The minimum atomic E-state index is 0.253. The number of benzene rings is 2. The summed E-state index contributed by atoms with van der Waals surface area (Å²) in [6, 6.07) is 17.9. The molecule has 0 aliphatic carbocycles. The van der Waals surface area contributed by atoms with E-state index in [4.69, 9.17) is 0 Å². The fraction of sp³-hybridized carbons (Fsp3) is 0.400. The number of hydrogen-bond acceptors (Lipinski definition) is 0. The molecule has 0 amide bonds. The molecule has 1 atom stereocenters. The summed E-state index contributed by atoms with van der Waals surface area (Å²) < 4.78 is 0. The molecule has 0 saturated carbocycles. The van der Waals surface area contributed by atoms with Gasteiger partial charge in [-0.25, -0.2) is 0 Å². The van der Waals surface area contributed by atoms with Gasteiger partial charge >= 0.3 is 0 Å². The van der Waals surface area contributed by atoms with Gasteiger partial charge in [0.1, 0.15) is 0 Å². The Labute approximate surface area is 137 Å². The number of alkyl halides is 1. The summed E-state index contributed by atoms with van der Waals surface area (Å²) in [5.41, 5.74) is 5.68. The van der Waals surface area contributed by atoms with Gasteiger partial charge in [0, 0.05) is 0 Å². The van der Waals surface area contributed by atoms with Crippen molar-refractivity contribution < 1.29 is 0 Å². The number of rotatable bonds is 5. The van der Waals surface area contributed by atoms with Gasteiger partial charge in [0.25, 0.3) is 0 Å². The molecule has 112 valence electrons. The molecule has 0 radical (unpaired) electrons. The smallest absolute Gasteiger partial charge is 0.0644 e. The second-order valence-electron chi connectivity index (χ2n) is 6.32. The first-order chi connectivity index (χ1) is 9.97. The maximum atomic E-state index is 3.83. The summed E-state index contributed by atoms with van der Waals surface area (Å²) in [5, 5.41) is 0. The van der Waals surface area contributed by atoms with Gasteiger partial charge in [-0.1, -0.05) is 92.2 Å². The van der Waals surface area contributed by atoms with Crippen molar-refractivity contribution in [2.24, 2.45) is 0 Å². The third kappa shape index (κ3) is 3.77. The van der Waals surface area contributed by atoms with Crippen LogP contribution in [0.4, 0.5) is 0 Å². The van der Waals surface area contributed by atoms with Crippen LogP contribution in [0.25, 0.3) is 0 Å². The topological polar surface area (TPSA) is 0 Å². The second-order valence-corrected chi connectivity index (χ2v) is 7.23. The molecular weight excluding hydrogens is 320 g/mol. The molecule has 0 aliphatic rings. The first-order valence-electron chi connectivity index (χ1n) is 7.81. The van der Waals surface area contributed by atoms with Crippen LogP contribution in [0, 0.1) is 0 Å². The molecule has 0 heterocycles. The lowest BCUT2D eigenvalue weighted by Gasteiger charge is -2.24. The van der Waals surface area contributed by atoms with Gasteiger partial charge in [-0.3, -0.25) is 0 Å². The van der Waals surface area contributed by atoms with Crippen molar-refractivity contribution in [1.82, 2.24) is 0 Å². The lowest BCUT2D eigenvalue weighted by atomic mass is 9.82. The van der Waals surface area contributed by atoms with E-state index in [2.05, 4.69) is 92.2 Å². The minimum Gasteiger partial charge on any atom is -0.0786 e. The van der Waals surface area contributed by atoms with Gasteiger partial charge in [0.15, 0.2) is 0 Å². The fourth-order valence-electron chi connectivity index (χ4n) is 2.42. The molecular formula is C20H25Br. The molecule has 2 aromatic rings. The van der Waals surface area contributed by atoms with Crippen LogP contribution in [0.2, 0.25) is 0 Å². The number of aryl methyl sites for hydroxylation is 1. The molecule has 0 spiro atoms. The predicted molar refractivity (Wildman–Crippen MR) is 96.3 cm³/mol. The lowest BCUT2D eigenvalue weighted by Crippen LogP contribution is -2.15. The molecule has 0 nitrogen and oxygen atoms in total. The maximum absolute atomic E-state index is 3.83. The van der Waals surface area contributed by atoms with Crippen LogP contribution < -0.4 is 0 Å². The molecule has 1 unspecified atom stereocenters. The Morgan fingerprint density at radius 3 is 1.76 bits per heavy atom. The average Bonchev–Trinajstić information content (AvgIpc) is 2.54. The molecule has 21 heavy (non-hydrogen) atoms. The highest BCUT2D eigenvalue weighted by molar-refractivity contribution is 9.09. The molecule has 0 N–H and O–H groups in total. The summed E-state index contributed by atoms with van der Waals surface area (Å²) in [6.45, 7) is 9.04. The molecule has 2 rings (SSSR count). The van der Waals surface area contributed by atoms with Crippen molar-refractivity contribution in [3.05, 3.63) is 70.8 Å². The molecule has 1 heteroatoms. The van der Waals surface area contributed by atoms with Gasteiger partial charge in [0.2, 0.25) is 0 Å².